The molecule has 0 saturated heterocycles. The fraction of sp³-hybridized carbons (Fsp3) is 0.200. The van der Waals surface area contributed by atoms with Crippen molar-refractivity contribution in [3.8, 4) is 11.5 Å². The van der Waals surface area contributed by atoms with Crippen molar-refractivity contribution in [1.82, 2.24) is 21.7 Å². The summed E-state index contributed by atoms with van der Waals surface area (Å²) in [5.74, 6) is -0.879. The fourth-order valence-electron chi connectivity index (χ4n) is 4.04. The van der Waals surface area contributed by atoms with Crippen molar-refractivity contribution >= 4 is 109 Å². The predicted octanol–water partition coefficient (Wildman–Crippen LogP) is 6.36. The molecule has 0 unspecified atom stereocenters. The minimum atomic E-state index is -0.526. The molecule has 44 heavy (non-hydrogen) atoms. The highest BCUT2D eigenvalue weighted by Gasteiger charge is 2.12. The lowest BCUT2D eigenvalue weighted by Gasteiger charge is -2.12. The summed E-state index contributed by atoms with van der Waals surface area (Å²) in [6.07, 6.45) is 0.987. The smallest absolute Gasteiger partial charge is 0.276 e. The van der Waals surface area contributed by atoms with Crippen molar-refractivity contribution in [1.29, 1.82) is 0 Å². The van der Waals surface area contributed by atoms with Crippen LogP contribution in [-0.4, -0.2) is 36.8 Å². The minimum Gasteiger partial charge on any atom is -0.483 e. The molecule has 0 saturated carbocycles. The van der Waals surface area contributed by atoms with Gasteiger partial charge in [-0.05, 0) is 103 Å². The van der Waals surface area contributed by atoms with Crippen molar-refractivity contribution < 1.29 is 28.7 Å². The Labute approximate surface area is 286 Å². The molecule has 4 amide bonds. The van der Waals surface area contributed by atoms with Crippen LogP contribution in [0.1, 0.15) is 25.7 Å². The van der Waals surface area contributed by atoms with Crippen molar-refractivity contribution in [2.45, 2.75) is 25.7 Å². The molecule has 4 aromatic rings. The van der Waals surface area contributed by atoms with E-state index in [1.165, 1.54) is 0 Å². The Bertz CT molecular complexity index is 1590. The minimum absolute atomic E-state index is 0.0952. The molecule has 0 aliphatic rings. The number of fused-ring (bicyclic) bond motifs is 2. The van der Waals surface area contributed by atoms with E-state index in [1.807, 2.05) is 48.5 Å². The Balaban J connectivity index is 1.07. The predicted molar refractivity (Wildman–Crippen MR) is 181 cm³/mol. The second kappa shape index (κ2) is 16.2. The molecule has 0 atom stereocenters. The zero-order valence-corrected chi connectivity index (χ0v) is 29.3. The number of carbonyl (C=O) groups excluding carboxylic acids is 4. The second-order valence-electron chi connectivity index (χ2n) is 9.46. The average Bonchev–Trinajstić information content (AvgIpc) is 3.00. The van der Waals surface area contributed by atoms with Crippen LogP contribution in [0.4, 0.5) is 0 Å². The lowest BCUT2D eigenvalue weighted by Crippen LogP contribution is -2.44. The Morgan fingerprint density at radius 3 is 1.32 bits per heavy atom. The van der Waals surface area contributed by atoms with Crippen LogP contribution >= 0.6 is 63.7 Å². The van der Waals surface area contributed by atoms with E-state index in [9.17, 15) is 19.2 Å². The highest BCUT2D eigenvalue weighted by Crippen LogP contribution is 2.35. The molecule has 0 aliphatic carbocycles. The third kappa shape index (κ3) is 9.65. The van der Waals surface area contributed by atoms with Crippen LogP contribution in [0.2, 0.25) is 0 Å². The lowest BCUT2D eigenvalue weighted by molar-refractivity contribution is -0.130. The highest BCUT2D eigenvalue weighted by molar-refractivity contribution is 9.11. The van der Waals surface area contributed by atoms with Gasteiger partial charge < -0.3 is 9.47 Å². The number of unbranched alkanes of at least 4 members (excludes halogenated alkanes) is 1. The van der Waals surface area contributed by atoms with Crippen molar-refractivity contribution in [2.24, 2.45) is 0 Å². The summed E-state index contributed by atoms with van der Waals surface area (Å²) in [4.78, 5) is 48.4. The molecule has 0 radical (unpaired) electrons. The first kappa shape index (κ1) is 33.7. The molecule has 4 aromatic carbocycles. The zero-order chi connectivity index (χ0) is 31.6. The molecule has 10 nitrogen and oxygen atoms in total. The van der Waals surface area contributed by atoms with Gasteiger partial charge in [-0.1, -0.05) is 56.1 Å². The topological polar surface area (TPSA) is 135 Å². The van der Waals surface area contributed by atoms with Gasteiger partial charge in [-0.3, -0.25) is 40.9 Å². The SMILES string of the molecule is O=C(CCCCC(=O)NNC(=O)COc1ccc2cc(Br)ccc2c1Br)NNC(=O)COc1ccc2cc(Br)ccc2c1Br. The van der Waals surface area contributed by atoms with E-state index >= 15 is 0 Å². The van der Waals surface area contributed by atoms with Crippen molar-refractivity contribution in [2.75, 3.05) is 13.2 Å². The number of halogens is 4. The summed E-state index contributed by atoms with van der Waals surface area (Å²) in [6, 6.07) is 18.9. The number of benzene rings is 4. The molecule has 0 spiro atoms. The molecule has 0 heterocycles. The summed E-state index contributed by atoms with van der Waals surface area (Å²) in [6.45, 7) is -0.592. The lowest BCUT2D eigenvalue weighted by atomic mass is 10.1. The molecular formula is C30H26Br4N4O6. The molecule has 0 aromatic heterocycles. The summed E-state index contributed by atoms with van der Waals surface area (Å²) in [5.41, 5.74) is 9.28. The number of hydrogen-bond donors (Lipinski definition) is 4. The van der Waals surface area contributed by atoms with Gasteiger partial charge >= 0.3 is 0 Å². The number of hydrazine groups is 2. The van der Waals surface area contributed by atoms with E-state index in [2.05, 4.69) is 85.4 Å². The molecule has 4 N–H and O–H groups in total. The van der Waals surface area contributed by atoms with Crippen LogP contribution in [0.3, 0.4) is 0 Å². The molecule has 0 bridgehead atoms. The zero-order valence-electron chi connectivity index (χ0n) is 23.0. The van der Waals surface area contributed by atoms with Crippen molar-refractivity contribution in [3.05, 3.63) is 78.6 Å². The second-order valence-corrected chi connectivity index (χ2v) is 12.9. The largest absolute Gasteiger partial charge is 0.483 e. The van der Waals surface area contributed by atoms with Gasteiger partial charge in [-0.25, -0.2) is 0 Å². The number of rotatable bonds is 11. The van der Waals surface area contributed by atoms with E-state index < -0.39 is 23.6 Å². The molecule has 230 valence electrons. The van der Waals surface area contributed by atoms with Crippen molar-refractivity contribution in [3.63, 3.8) is 0 Å². The first-order valence-corrected chi connectivity index (χ1v) is 16.4. The number of ether oxygens (including phenoxy) is 2. The van der Waals surface area contributed by atoms with Gasteiger partial charge in [0.1, 0.15) is 11.5 Å². The van der Waals surface area contributed by atoms with Gasteiger partial charge in [0.15, 0.2) is 13.2 Å². The fourth-order valence-corrected chi connectivity index (χ4v) is 6.02. The van der Waals surface area contributed by atoms with E-state index in [0.717, 1.165) is 39.4 Å². The maximum atomic E-state index is 12.1. The molecule has 0 aliphatic heterocycles. The van der Waals surface area contributed by atoms with Gasteiger partial charge in [-0.2, -0.15) is 0 Å². The van der Waals surface area contributed by atoms with Crippen LogP contribution in [0.5, 0.6) is 11.5 Å². The number of carbonyl (C=O) groups is 4. The van der Waals surface area contributed by atoms with Crippen LogP contribution in [-0.2, 0) is 19.2 Å². The first-order chi connectivity index (χ1) is 21.1. The maximum absolute atomic E-state index is 12.1. The summed E-state index contributed by atoms with van der Waals surface area (Å²) in [5, 5.41) is 3.87. The van der Waals surface area contributed by atoms with Crippen LogP contribution in [0.25, 0.3) is 21.5 Å². The first-order valence-electron chi connectivity index (χ1n) is 13.3. The van der Waals surface area contributed by atoms with Gasteiger partial charge in [0.05, 0.1) is 8.95 Å². The Hall–Kier alpha value is -3.20. The van der Waals surface area contributed by atoms with Gasteiger partial charge in [0.25, 0.3) is 11.8 Å². The average molecular weight is 858 g/mol. The Morgan fingerprint density at radius 1 is 0.523 bits per heavy atom. The maximum Gasteiger partial charge on any atom is 0.276 e. The summed E-state index contributed by atoms with van der Waals surface area (Å²) < 4.78 is 14.5. The molecule has 0 fully saturated rings. The van der Waals surface area contributed by atoms with E-state index in [4.69, 9.17) is 9.47 Å². The van der Waals surface area contributed by atoms with Gasteiger partial charge in [-0.15, -0.1) is 0 Å². The summed E-state index contributed by atoms with van der Waals surface area (Å²) >= 11 is 13.9. The molecule has 14 heteroatoms. The van der Waals surface area contributed by atoms with Crippen LogP contribution < -0.4 is 31.2 Å². The normalized spacial score (nSPS) is 10.7. The van der Waals surface area contributed by atoms with E-state index in [0.29, 0.717) is 24.3 Å². The number of hydrogen-bond acceptors (Lipinski definition) is 6. The quantitative estimate of drug-likeness (QED) is 0.103. The third-order valence-corrected chi connectivity index (χ3v) is 8.84. The number of amides is 4. The molecular weight excluding hydrogens is 832 g/mol. The van der Waals surface area contributed by atoms with Gasteiger partial charge in [0.2, 0.25) is 11.8 Å². The highest BCUT2D eigenvalue weighted by atomic mass is 79.9. The van der Waals surface area contributed by atoms with Crippen LogP contribution in [0.15, 0.2) is 78.6 Å². The monoisotopic (exact) mass is 854 g/mol. The summed E-state index contributed by atoms with van der Waals surface area (Å²) in [7, 11) is 0. The van der Waals surface area contributed by atoms with E-state index in [1.54, 1.807) is 12.1 Å². The van der Waals surface area contributed by atoms with Gasteiger partial charge in [0, 0.05) is 21.8 Å². The molecule has 4 rings (SSSR count). The standard InChI is InChI=1S/C30H26Br4N4O6/c31-19-7-9-21-17(13-19)5-11-23(29(21)33)43-15-27(41)37-35-25(39)3-1-2-4-26(40)36-38-28(42)16-44-24-12-6-18-14-20(32)8-10-22(18)30(24)34/h5-14H,1-4,15-16H2,(H,35,39)(H,36,40)(H,37,41)(H,38,42). The Kier molecular flexibility index (Phi) is 12.4. The van der Waals surface area contributed by atoms with E-state index in [-0.39, 0.29) is 26.1 Å². The van der Waals surface area contributed by atoms with Crippen LogP contribution in [0, 0.1) is 0 Å². The Morgan fingerprint density at radius 2 is 0.909 bits per heavy atom. The number of nitrogens with one attached hydrogen (secondary N) is 4. The third-order valence-electron chi connectivity index (χ3n) is 6.22.